The molecule has 3 rings (SSSR count). The van der Waals surface area contributed by atoms with Crippen LogP contribution >= 0.6 is 0 Å². The predicted octanol–water partition coefficient (Wildman–Crippen LogP) is 0.989. The molecule has 0 saturated carbocycles. The third kappa shape index (κ3) is 3.73. The van der Waals surface area contributed by atoms with Crippen LogP contribution in [-0.2, 0) is 23.1 Å². The summed E-state index contributed by atoms with van der Waals surface area (Å²) in [6.45, 7) is 2.80. The van der Waals surface area contributed by atoms with E-state index in [1.165, 1.54) is 11.8 Å². The fourth-order valence-electron chi connectivity index (χ4n) is 2.83. The third-order valence-corrected chi connectivity index (χ3v) is 4.47. The molecule has 1 aliphatic rings. The van der Waals surface area contributed by atoms with Gasteiger partial charge in [-0.2, -0.15) is 5.10 Å². The first kappa shape index (κ1) is 15.2. The standard InChI is InChI=1S/C15H20N4O2S/c1-22(20,21)17-9-15-12-18(10-13-5-3-2-4-6-13)11-14-7-8-16-19(14)15/h2-8,15,17H,9-12H2,1H3. The van der Waals surface area contributed by atoms with Crippen LogP contribution in [0.3, 0.4) is 0 Å². The summed E-state index contributed by atoms with van der Waals surface area (Å²) in [6, 6.07) is 12.3. The summed E-state index contributed by atoms with van der Waals surface area (Å²) >= 11 is 0. The number of hydrogen-bond acceptors (Lipinski definition) is 4. The molecule has 1 aromatic carbocycles. The van der Waals surface area contributed by atoms with Crippen molar-refractivity contribution in [2.24, 2.45) is 0 Å². The second kappa shape index (κ2) is 6.20. The Morgan fingerprint density at radius 3 is 2.77 bits per heavy atom. The van der Waals surface area contributed by atoms with Gasteiger partial charge in [0.2, 0.25) is 10.0 Å². The highest BCUT2D eigenvalue weighted by Crippen LogP contribution is 2.21. The zero-order valence-corrected chi connectivity index (χ0v) is 13.3. The van der Waals surface area contributed by atoms with Crippen LogP contribution < -0.4 is 4.72 Å². The fourth-order valence-corrected chi connectivity index (χ4v) is 3.32. The van der Waals surface area contributed by atoms with Gasteiger partial charge < -0.3 is 0 Å². The van der Waals surface area contributed by atoms with Gasteiger partial charge in [0, 0.05) is 32.4 Å². The Labute approximate surface area is 130 Å². The molecule has 0 radical (unpaired) electrons. The molecule has 1 aromatic heterocycles. The van der Waals surface area contributed by atoms with Crippen molar-refractivity contribution < 1.29 is 8.42 Å². The van der Waals surface area contributed by atoms with Crippen LogP contribution in [0.4, 0.5) is 0 Å². The minimum atomic E-state index is -3.20. The lowest BCUT2D eigenvalue weighted by Gasteiger charge is -2.34. The second-order valence-electron chi connectivity index (χ2n) is 5.70. The zero-order chi connectivity index (χ0) is 15.6. The maximum atomic E-state index is 11.3. The molecule has 0 fully saturated rings. The lowest BCUT2D eigenvalue weighted by atomic mass is 10.1. The van der Waals surface area contributed by atoms with E-state index >= 15 is 0 Å². The van der Waals surface area contributed by atoms with E-state index in [9.17, 15) is 8.42 Å². The van der Waals surface area contributed by atoms with E-state index in [2.05, 4.69) is 26.9 Å². The molecule has 22 heavy (non-hydrogen) atoms. The van der Waals surface area contributed by atoms with Crippen molar-refractivity contribution in [1.82, 2.24) is 19.4 Å². The van der Waals surface area contributed by atoms with Gasteiger partial charge in [-0.1, -0.05) is 30.3 Å². The number of rotatable bonds is 5. The highest BCUT2D eigenvalue weighted by molar-refractivity contribution is 7.88. The number of aromatic nitrogens is 2. The Balaban J connectivity index is 1.74. The molecule has 0 saturated heterocycles. The molecule has 0 bridgehead atoms. The molecule has 1 atom stereocenters. The van der Waals surface area contributed by atoms with E-state index in [4.69, 9.17) is 0 Å². The van der Waals surface area contributed by atoms with Crippen LogP contribution in [0.5, 0.6) is 0 Å². The molecular formula is C15H20N4O2S. The van der Waals surface area contributed by atoms with Crippen molar-refractivity contribution in [3.05, 3.63) is 53.9 Å². The Bertz CT molecular complexity index is 727. The number of hydrogen-bond donors (Lipinski definition) is 1. The van der Waals surface area contributed by atoms with Crippen LogP contribution in [0.1, 0.15) is 17.3 Å². The van der Waals surface area contributed by atoms with E-state index in [1.54, 1.807) is 6.20 Å². The molecule has 118 valence electrons. The van der Waals surface area contributed by atoms with Gasteiger partial charge in [-0.25, -0.2) is 13.1 Å². The van der Waals surface area contributed by atoms with E-state index in [1.807, 2.05) is 28.9 Å². The van der Waals surface area contributed by atoms with Crippen molar-refractivity contribution >= 4 is 10.0 Å². The molecule has 2 aromatic rings. The van der Waals surface area contributed by atoms with Crippen molar-refractivity contribution in [2.45, 2.75) is 19.1 Å². The van der Waals surface area contributed by atoms with Gasteiger partial charge in [0.15, 0.2) is 0 Å². The van der Waals surface area contributed by atoms with Crippen LogP contribution in [0.15, 0.2) is 42.6 Å². The van der Waals surface area contributed by atoms with Crippen LogP contribution in [0.2, 0.25) is 0 Å². The van der Waals surface area contributed by atoms with E-state index in [0.717, 1.165) is 25.3 Å². The third-order valence-electron chi connectivity index (χ3n) is 3.78. The average molecular weight is 320 g/mol. The number of benzene rings is 1. The summed E-state index contributed by atoms with van der Waals surface area (Å²) in [5.74, 6) is 0. The van der Waals surface area contributed by atoms with Crippen molar-refractivity contribution in [3.63, 3.8) is 0 Å². The maximum Gasteiger partial charge on any atom is 0.208 e. The Hall–Kier alpha value is -1.70. The first-order chi connectivity index (χ1) is 10.5. The highest BCUT2D eigenvalue weighted by atomic mass is 32.2. The first-order valence-electron chi connectivity index (χ1n) is 7.24. The number of fused-ring (bicyclic) bond motifs is 1. The summed E-state index contributed by atoms with van der Waals surface area (Å²) in [5, 5.41) is 4.34. The van der Waals surface area contributed by atoms with Gasteiger partial charge >= 0.3 is 0 Å². The Morgan fingerprint density at radius 2 is 2.05 bits per heavy atom. The largest absolute Gasteiger partial charge is 0.291 e. The molecular weight excluding hydrogens is 300 g/mol. The lowest BCUT2D eigenvalue weighted by Crippen LogP contribution is -2.42. The number of sulfonamides is 1. The number of nitrogens with zero attached hydrogens (tertiary/aromatic N) is 3. The zero-order valence-electron chi connectivity index (χ0n) is 12.5. The van der Waals surface area contributed by atoms with Gasteiger partial charge in [-0.3, -0.25) is 9.58 Å². The van der Waals surface area contributed by atoms with Crippen molar-refractivity contribution in [2.75, 3.05) is 19.3 Å². The van der Waals surface area contributed by atoms with Gasteiger partial charge in [0.1, 0.15) is 0 Å². The smallest absolute Gasteiger partial charge is 0.208 e. The molecule has 6 nitrogen and oxygen atoms in total. The molecule has 0 spiro atoms. The van der Waals surface area contributed by atoms with E-state index in [0.29, 0.717) is 6.54 Å². The summed E-state index contributed by atoms with van der Waals surface area (Å²) in [5.41, 5.74) is 2.37. The fraction of sp³-hybridized carbons (Fsp3) is 0.400. The monoisotopic (exact) mass is 320 g/mol. The maximum absolute atomic E-state index is 11.3. The van der Waals surface area contributed by atoms with Gasteiger partial charge in [-0.15, -0.1) is 0 Å². The molecule has 2 heterocycles. The number of nitrogens with one attached hydrogen (secondary N) is 1. The van der Waals surface area contributed by atoms with Crippen LogP contribution in [0.25, 0.3) is 0 Å². The molecule has 7 heteroatoms. The molecule has 1 aliphatic heterocycles. The molecule has 1 unspecified atom stereocenters. The second-order valence-corrected chi connectivity index (χ2v) is 7.53. The quantitative estimate of drug-likeness (QED) is 0.892. The highest BCUT2D eigenvalue weighted by Gasteiger charge is 2.26. The lowest BCUT2D eigenvalue weighted by molar-refractivity contribution is 0.168. The predicted molar refractivity (Wildman–Crippen MR) is 84.7 cm³/mol. The summed E-state index contributed by atoms with van der Waals surface area (Å²) in [7, 11) is -3.20. The van der Waals surface area contributed by atoms with E-state index in [-0.39, 0.29) is 6.04 Å². The van der Waals surface area contributed by atoms with Crippen molar-refractivity contribution in [1.29, 1.82) is 0 Å². The topological polar surface area (TPSA) is 67.2 Å². The van der Waals surface area contributed by atoms with Crippen LogP contribution in [0, 0.1) is 0 Å². The molecule has 0 amide bonds. The minimum absolute atomic E-state index is 0.0113. The average Bonchev–Trinajstić information content (AvgIpc) is 2.93. The van der Waals surface area contributed by atoms with Crippen LogP contribution in [-0.4, -0.2) is 42.4 Å². The molecule has 0 aliphatic carbocycles. The van der Waals surface area contributed by atoms with Crippen molar-refractivity contribution in [3.8, 4) is 0 Å². The summed E-state index contributed by atoms with van der Waals surface area (Å²) in [6.07, 6.45) is 2.95. The minimum Gasteiger partial charge on any atom is -0.291 e. The Morgan fingerprint density at radius 1 is 1.27 bits per heavy atom. The van der Waals surface area contributed by atoms with Gasteiger partial charge in [0.05, 0.1) is 18.0 Å². The molecule has 1 N–H and O–H groups in total. The van der Waals surface area contributed by atoms with E-state index < -0.39 is 10.0 Å². The Kier molecular flexibility index (Phi) is 4.28. The normalized spacial score (nSPS) is 19.0. The summed E-state index contributed by atoms with van der Waals surface area (Å²) < 4.78 is 27.2. The first-order valence-corrected chi connectivity index (χ1v) is 9.14. The van der Waals surface area contributed by atoms with Gasteiger partial charge in [-0.05, 0) is 11.6 Å². The SMILES string of the molecule is CS(=O)(=O)NCC1CN(Cc2ccccc2)Cc2ccnn21. The van der Waals surface area contributed by atoms with Gasteiger partial charge in [0.25, 0.3) is 0 Å². The summed E-state index contributed by atoms with van der Waals surface area (Å²) in [4.78, 5) is 2.32.